The fourth-order valence-electron chi connectivity index (χ4n) is 2.09. The van der Waals surface area contributed by atoms with E-state index in [0.717, 1.165) is 13.1 Å². The van der Waals surface area contributed by atoms with Crippen molar-refractivity contribution in [3.63, 3.8) is 0 Å². The molecule has 2 atom stereocenters. The van der Waals surface area contributed by atoms with Crippen LogP contribution in [0.5, 0.6) is 0 Å². The molecule has 0 aromatic carbocycles. The van der Waals surface area contributed by atoms with E-state index in [0.29, 0.717) is 5.82 Å². The van der Waals surface area contributed by atoms with Gasteiger partial charge in [-0.3, -0.25) is 0 Å². The van der Waals surface area contributed by atoms with Crippen LogP contribution in [0.4, 0.5) is 5.82 Å². The highest BCUT2D eigenvalue weighted by molar-refractivity contribution is 5.88. The predicted molar refractivity (Wildman–Crippen MR) is 63.4 cm³/mol. The Bertz CT molecular complexity index is 412. The summed E-state index contributed by atoms with van der Waals surface area (Å²) in [6.45, 7) is 5.48. The number of carboxylic acids is 1. The van der Waals surface area contributed by atoms with Gasteiger partial charge in [0, 0.05) is 19.3 Å². The third-order valence-corrected chi connectivity index (χ3v) is 2.74. The fourth-order valence-corrected chi connectivity index (χ4v) is 2.09. The molecule has 1 aromatic heterocycles. The SMILES string of the molecule is C[C@@H]1CN(c2cc(C(=O)O)ccn2)C[C@H](C)O1. The summed E-state index contributed by atoms with van der Waals surface area (Å²) in [5, 5.41) is 8.94. The molecule has 0 amide bonds. The van der Waals surface area contributed by atoms with Crippen LogP contribution in [-0.4, -0.2) is 41.4 Å². The van der Waals surface area contributed by atoms with E-state index in [1.165, 1.54) is 12.3 Å². The lowest BCUT2D eigenvalue weighted by molar-refractivity contribution is -0.00545. The van der Waals surface area contributed by atoms with Crippen molar-refractivity contribution in [2.24, 2.45) is 0 Å². The molecule has 0 bridgehead atoms. The minimum atomic E-state index is -0.928. The smallest absolute Gasteiger partial charge is 0.335 e. The van der Waals surface area contributed by atoms with Crippen LogP contribution >= 0.6 is 0 Å². The second kappa shape index (κ2) is 4.71. The lowest BCUT2D eigenvalue weighted by Gasteiger charge is -2.36. The highest BCUT2D eigenvalue weighted by Crippen LogP contribution is 2.19. The van der Waals surface area contributed by atoms with Crippen LogP contribution in [0, 0.1) is 0 Å². The number of aromatic carboxylic acids is 1. The maximum atomic E-state index is 10.9. The molecule has 17 heavy (non-hydrogen) atoms. The van der Waals surface area contributed by atoms with E-state index in [1.54, 1.807) is 6.07 Å². The summed E-state index contributed by atoms with van der Waals surface area (Å²) in [6.07, 6.45) is 1.80. The van der Waals surface area contributed by atoms with Crippen LogP contribution in [0.2, 0.25) is 0 Å². The van der Waals surface area contributed by atoms with Crippen molar-refractivity contribution < 1.29 is 14.6 Å². The second-order valence-corrected chi connectivity index (χ2v) is 4.37. The van der Waals surface area contributed by atoms with Gasteiger partial charge in [0.05, 0.1) is 17.8 Å². The van der Waals surface area contributed by atoms with Crippen LogP contribution in [0.3, 0.4) is 0 Å². The third-order valence-electron chi connectivity index (χ3n) is 2.74. The Labute approximate surface area is 100 Å². The summed E-state index contributed by atoms with van der Waals surface area (Å²) in [6, 6.07) is 3.10. The summed E-state index contributed by atoms with van der Waals surface area (Å²) in [5.74, 6) is -0.227. The number of carbonyl (C=O) groups is 1. The van der Waals surface area contributed by atoms with Crippen LogP contribution < -0.4 is 4.90 Å². The highest BCUT2D eigenvalue weighted by Gasteiger charge is 2.23. The number of rotatable bonds is 2. The normalized spacial score (nSPS) is 24.7. The standard InChI is InChI=1S/C12H16N2O3/c1-8-6-14(7-9(2)17-8)11-5-10(12(15)16)3-4-13-11/h3-5,8-9H,6-7H2,1-2H3,(H,15,16)/t8-,9+. The van der Waals surface area contributed by atoms with Crippen molar-refractivity contribution in [3.8, 4) is 0 Å². The quantitative estimate of drug-likeness (QED) is 0.840. The second-order valence-electron chi connectivity index (χ2n) is 4.37. The van der Waals surface area contributed by atoms with E-state index in [2.05, 4.69) is 9.88 Å². The number of hydrogen-bond acceptors (Lipinski definition) is 4. The van der Waals surface area contributed by atoms with Gasteiger partial charge < -0.3 is 14.7 Å². The number of hydrogen-bond donors (Lipinski definition) is 1. The Morgan fingerprint density at radius 3 is 2.71 bits per heavy atom. The first-order chi connectivity index (χ1) is 8.06. The molecule has 5 heteroatoms. The number of aromatic nitrogens is 1. The van der Waals surface area contributed by atoms with Crippen molar-refractivity contribution >= 4 is 11.8 Å². The summed E-state index contributed by atoms with van der Waals surface area (Å²) in [4.78, 5) is 17.2. The number of morpholine rings is 1. The van der Waals surface area contributed by atoms with E-state index < -0.39 is 5.97 Å². The summed E-state index contributed by atoms with van der Waals surface area (Å²) >= 11 is 0. The molecule has 5 nitrogen and oxygen atoms in total. The van der Waals surface area contributed by atoms with Crippen LogP contribution in [-0.2, 0) is 4.74 Å². The average Bonchev–Trinajstić information content (AvgIpc) is 2.28. The monoisotopic (exact) mass is 236 g/mol. The first-order valence-electron chi connectivity index (χ1n) is 5.66. The molecule has 2 heterocycles. The number of ether oxygens (including phenoxy) is 1. The zero-order chi connectivity index (χ0) is 12.4. The van der Waals surface area contributed by atoms with Gasteiger partial charge in [-0.15, -0.1) is 0 Å². The zero-order valence-electron chi connectivity index (χ0n) is 9.96. The van der Waals surface area contributed by atoms with E-state index >= 15 is 0 Å². The van der Waals surface area contributed by atoms with Gasteiger partial charge in [0.15, 0.2) is 0 Å². The third kappa shape index (κ3) is 2.74. The molecule has 1 saturated heterocycles. The maximum Gasteiger partial charge on any atom is 0.335 e. The molecule has 1 aliphatic rings. The van der Waals surface area contributed by atoms with Crippen molar-refractivity contribution in [1.29, 1.82) is 0 Å². The van der Waals surface area contributed by atoms with Crippen LogP contribution in [0.15, 0.2) is 18.3 Å². The van der Waals surface area contributed by atoms with Crippen molar-refractivity contribution in [2.45, 2.75) is 26.1 Å². The first kappa shape index (κ1) is 11.9. The lowest BCUT2D eigenvalue weighted by Crippen LogP contribution is -2.45. The van der Waals surface area contributed by atoms with Gasteiger partial charge in [0.2, 0.25) is 0 Å². The van der Waals surface area contributed by atoms with Gasteiger partial charge in [0.1, 0.15) is 5.82 Å². The summed E-state index contributed by atoms with van der Waals surface area (Å²) in [5.41, 5.74) is 0.266. The molecular formula is C12H16N2O3. The Morgan fingerprint density at radius 2 is 2.12 bits per heavy atom. The minimum Gasteiger partial charge on any atom is -0.478 e. The maximum absolute atomic E-state index is 10.9. The first-order valence-corrected chi connectivity index (χ1v) is 5.66. The van der Waals surface area contributed by atoms with Crippen LogP contribution in [0.25, 0.3) is 0 Å². The predicted octanol–water partition coefficient (Wildman–Crippen LogP) is 1.39. The fraction of sp³-hybridized carbons (Fsp3) is 0.500. The summed E-state index contributed by atoms with van der Waals surface area (Å²) < 4.78 is 5.63. The Balaban J connectivity index is 2.21. The van der Waals surface area contributed by atoms with Crippen molar-refractivity contribution in [2.75, 3.05) is 18.0 Å². The van der Waals surface area contributed by atoms with Gasteiger partial charge in [-0.05, 0) is 26.0 Å². The van der Waals surface area contributed by atoms with Gasteiger partial charge >= 0.3 is 5.97 Å². The molecule has 1 fully saturated rings. The number of carboxylic acid groups (broad SMARTS) is 1. The minimum absolute atomic E-state index is 0.133. The molecule has 0 radical (unpaired) electrons. The Hall–Kier alpha value is -1.62. The Kier molecular flexibility index (Phi) is 3.28. The van der Waals surface area contributed by atoms with Gasteiger partial charge in [-0.2, -0.15) is 0 Å². The molecule has 2 rings (SSSR count). The van der Waals surface area contributed by atoms with Crippen LogP contribution in [0.1, 0.15) is 24.2 Å². The van der Waals surface area contributed by atoms with E-state index in [9.17, 15) is 4.79 Å². The number of nitrogens with zero attached hydrogens (tertiary/aromatic N) is 2. The van der Waals surface area contributed by atoms with E-state index in [4.69, 9.17) is 9.84 Å². The summed E-state index contributed by atoms with van der Waals surface area (Å²) in [7, 11) is 0. The number of pyridine rings is 1. The topological polar surface area (TPSA) is 62.7 Å². The van der Waals surface area contributed by atoms with Crippen molar-refractivity contribution in [1.82, 2.24) is 4.98 Å². The average molecular weight is 236 g/mol. The van der Waals surface area contributed by atoms with Crippen molar-refractivity contribution in [3.05, 3.63) is 23.9 Å². The van der Waals surface area contributed by atoms with E-state index in [1.807, 2.05) is 13.8 Å². The molecular weight excluding hydrogens is 220 g/mol. The molecule has 0 unspecified atom stereocenters. The molecule has 0 aliphatic carbocycles. The lowest BCUT2D eigenvalue weighted by atomic mass is 10.2. The molecule has 92 valence electrons. The molecule has 0 spiro atoms. The zero-order valence-corrected chi connectivity index (χ0v) is 9.96. The van der Waals surface area contributed by atoms with E-state index in [-0.39, 0.29) is 17.8 Å². The van der Waals surface area contributed by atoms with Gasteiger partial charge in [-0.25, -0.2) is 9.78 Å². The molecule has 0 saturated carbocycles. The number of anilines is 1. The van der Waals surface area contributed by atoms with Gasteiger partial charge in [0.25, 0.3) is 0 Å². The Morgan fingerprint density at radius 1 is 1.47 bits per heavy atom. The molecule has 1 aromatic rings. The molecule has 1 N–H and O–H groups in total. The molecule has 1 aliphatic heterocycles. The highest BCUT2D eigenvalue weighted by atomic mass is 16.5. The largest absolute Gasteiger partial charge is 0.478 e. The van der Waals surface area contributed by atoms with Gasteiger partial charge in [-0.1, -0.05) is 0 Å².